The summed E-state index contributed by atoms with van der Waals surface area (Å²) in [5.74, 6) is 0.254. The molecule has 3 aromatic rings. The Hall–Kier alpha value is -2.96. The lowest BCUT2D eigenvalue weighted by Gasteiger charge is -2.06. The summed E-state index contributed by atoms with van der Waals surface area (Å²) in [6.45, 7) is 1.44. The molecule has 0 saturated carbocycles. The minimum absolute atomic E-state index is 0.0168. The zero-order chi connectivity index (χ0) is 17.5. The van der Waals surface area contributed by atoms with Crippen LogP contribution in [0.25, 0.3) is 11.3 Å². The van der Waals surface area contributed by atoms with Crippen LogP contribution in [0.4, 0.5) is 4.39 Å². The molecule has 0 spiro atoms. The third kappa shape index (κ3) is 4.76. The molecule has 1 aromatic carbocycles. The topological polar surface area (TPSA) is 73.0 Å². The first-order valence-electron chi connectivity index (χ1n) is 8.14. The van der Waals surface area contributed by atoms with E-state index >= 15 is 0 Å². The Morgan fingerprint density at radius 1 is 1.28 bits per heavy atom. The van der Waals surface area contributed by atoms with E-state index in [0.717, 1.165) is 24.1 Å². The number of aryl methyl sites for hydroxylation is 2. The van der Waals surface area contributed by atoms with Gasteiger partial charge in [-0.15, -0.1) is 0 Å². The van der Waals surface area contributed by atoms with E-state index in [1.54, 1.807) is 30.9 Å². The van der Waals surface area contributed by atoms with E-state index in [0.29, 0.717) is 25.1 Å². The van der Waals surface area contributed by atoms with Crippen molar-refractivity contribution in [1.29, 1.82) is 0 Å². The molecule has 130 valence electrons. The van der Waals surface area contributed by atoms with E-state index in [-0.39, 0.29) is 11.7 Å². The second-order valence-corrected chi connectivity index (χ2v) is 5.69. The number of nitrogens with one attached hydrogen (secondary N) is 1. The summed E-state index contributed by atoms with van der Waals surface area (Å²) < 4.78 is 20.2. The summed E-state index contributed by atoms with van der Waals surface area (Å²) in [7, 11) is 0. The fourth-order valence-electron chi connectivity index (χ4n) is 2.52. The van der Waals surface area contributed by atoms with Crippen molar-refractivity contribution in [3.8, 4) is 11.3 Å². The Morgan fingerprint density at radius 2 is 2.12 bits per heavy atom. The van der Waals surface area contributed by atoms with Crippen molar-refractivity contribution >= 4 is 5.91 Å². The highest BCUT2D eigenvalue weighted by Crippen LogP contribution is 2.24. The molecule has 1 amide bonds. The third-order valence-corrected chi connectivity index (χ3v) is 3.85. The highest BCUT2D eigenvalue weighted by Gasteiger charge is 2.12. The molecule has 2 aromatic heterocycles. The molecular weight excluding hydrogens is 323 g/mol. The zero-order valence-corrected chi connectivity index (χ0v) is 13.7. The van der Waals surface area contributed by atoms with Gasteiger partial charge in [-0.25, -0.2) is 9.37 Å². The van der Waals surface area contributed by atoms with Gasteiger partial charge in [-0.3, -0.25) is 4.79 Å². The van der Waals surface area contributed by atoms with Crippen LogP contribution in [0.3, 0.4) is 0 Å². The first-order valence-corrected chi connectivity index (χ1v) is 8.14. The molecule has 0 bridgehead atoms. The van der Waals surface area contributed by atoms with Crippen LogP contribution >= 0.6 is 0 Å². The van der Waals surface area contributed by atoms with Gasteiger partial charge in [0.1, 0.15) is 5.82 Å². The van der Waals surface area contributed by atoms with Crippen molar-refractivity contribution < 1.29 is 13.7 Å². The van der Waals surface area contributed by atoms with Gasteiger partial charge in [0.15, 0.2) is 5.76 Å². The van der Waals surface area contributed by atoms with Gasteiger partial charge in [0, 0.05) is 43.0 Å². The van der Waals surface area contributed by atoms with Gasteiger partial charge < -0.3 is 14.4 Å². The molecule has 25 heavy (non-hydrogen) atoms. The van der Waals surface area contributed by atoms with E-state index in [2.05, 4.69) is 15.5 Å². The minimum Gasteiger partial charge on any atom is -0.356 e. The van der Waals surface area contributed by atoms with E-state index in [1.807, 2.05) is 10.8 Å². The van der Waals surface area contributed by atoms with Crippen molar-refractivity contribution in [1.82, 2.24) is 20.0 Å². The lowest BCUT2D eigenvalue weighted by molar-refractivity contribution is -0.121. The molecule has 3 rings (SSSR count). The first kappa shape index (κ1) is 16.9. The van der Waals surface area contributed by atoms with E-state index in [4.69, 9.17) is 4.52 Å². The third-order valence-electron chi connectivity index (χ3n) is 3.85. The van der Waals surface area contributed by atoms with Crippen LogP contribution in [0.1, 0.15) is 18.4 Å². The fraction of sp³-hybridized carbons (Fsp3) is 0.278. The predicted octanol–water partition coefficient (Wildman–Crippen LogP) is 2.82. The van der Waals surface area contributed by atoms with Crippen LogP contribution in [0.2, 0.25) is 0 Å². The van der Waals surface area contributed by atoms with E-state index in [1.165, 1.54) is 12.1 Å². The highest BCUT2D eigenvalue weighted by molar-refractivity contribution is 5.76. The lowest BCUT2D eigenvalue weighted by atomic mass is 10.1. The average molecular weight is 342 g/mol. The fourth-order valence-corrected chi connectivity index (χ4v) is 2.52. The van der Waals surface area contributed by atoms with Crippen molar-refractivity contribution in [3.05, 3.63) is 60.6 Å². The number of rotatable bonds is 8. The molecule has 0 aliphatic rings. The predicted molar refractivity (Wildman–Crippen MR) is 90.1 cm³/mol. The van der Waals surface area contributed by atoms with Crippen LogP contribution < -0.4 is 5.32 Å². The molecule has 0 saturated heterocycles. The molecule has 0 aliphatic carbocycles. The number of carbonyl (C=O) groups is 1. The Morgan fingerprint density at radius 3 is 2.88 bits per heavy atom. The number of hydrogen-bond acceptors (Lipinski definition) is 4. The van der Waals surface area contributed by atoms with Crippen LogP contribution in [-0.4, -0.2) is 27.2 Å². The molecule has 0 unspecified atom stereocenters. The van der Waals surface area contributed by atoms with Gasteiger partial charge in [0.05, 0.1) is 12.5 Å². The van der Waals surface area contributed by atoms with Gasteiger partial charge in [-0.1, -0.05) is 5.16 Å². The Kier molecular flexibility index (Phi) is 5.56. The maximum atomic E-state index is 13.0. The van der Waals surface area contributed by atoms with Crippen molar-refractivity contribution in [3.63, 3.8) is 0 Å². The van der Waals surface area contributed by atoms with Gasteiger partial charge >= 0.3 is 0 Å². The van der Waals surface area contributed by atoms with Gasteiger partial charge in [-0.2, -0.15) is 0 Å². The number of imidazole rings is 1. The minimum atomic E-state index is -0.306. The molecule has 0 atom stereocenters. The van der Waals surface area contributed by atoms with Crippen LogP contribution in [0.15, 0.2) is 53.7 Å². The quantitative estimate of drug-likeness (QED) is 0.639. The highest BCUT2D eigenvalue weighted by atomic mass is 19.1. The van der Waals surface area contributed by atoms with E-state index in [9.17, 15) is 9.18 Å². The van der Waals surface area contributed by atoms with Crippen molar-refractivity contribution in [2.75, 3.05) is 6.54 Å². The number of halogens is 1. The van der Waals surface area contributed by atoms with Gasteiger partial charge in [0.2, 0.25) is 5.91 Å². The van der Waals surface area contributed by atoms with E-state index < -0.39 is 0 Å². The summed E-state index contributed by atoms with van der Waals surface area (Å²) in [6, 6.07) is 6.01. The number of carbonyl (C=O) groups excluding carboxylic acids is 1. The Balaban J connectivity index is 1.44. The summed E-state index contributed by atoms with van der Waals surface area (Å²) in [6.07, 6.45) is 8.69. The number of amides is 1. The van der Waals surface area contributed by atoms with Crippen molar-refractivity contribution in [2.45, 2.75) is 25.8 Å². The summed E-state index contributed by atoms with van der Waals surface area (Å²) >= 11 is 0. The molecule has 2 heterocycles. The SMILES string of the molecule is O=C(CCc1cnoc1-c1ccc(F)cc1)NCCCn1ccnc1. The Bertz CT molecular complexity index is 797. The normalized spacial score (nSPS) is 10.8. The Labute approximate surface area is 144 Å². The van der Waals surface area contributed by atoms with Gasteiger partial charge in [0.25, 0.3) is 0 Å². The molecular formula is C18H19FN4O2. The maximum Gasteiger partial charge on any atom is 0.220 e. The molecule has 0 fully saturated rings. The summed E-state index contributed by atoms with van der Waals surface area (Å²) in [4.78, 5) is 15.9. The monoisotopic (exact) mass is 342 g/mol. The zero-order valence-electron chi connectivity index (χ0n) is 13.7. The van der Waals surface area contributed by atoms with Crippen LogP contribution in [-0.2, 0) is 17.8 Å². The average Bonchev–Trinajstić information content (AvgIpc) is 3.29. The van der Waals surface area contributed by atoms with Crippen molar-refractivity contribution in [2.24, 2.45) is 0 Å². The molecule has 0 aliphatic heterocycles. The standard InChI is InChI=1S/C18H19FN4O2/c19-16-5-2-14(3-6-16)18-15(12-22-25-18)4-7-17(24)21-8-1-10-23-11-9-20-13-23/h2-3,5-6,9,11-13H,1,4,7-8,10H2,(H,21,24). The largest absolute Gasteiger partial charge is 0.356 e. The summed E-state index contributed by atoms with van der Waals surface area (Å²) in [5, 5.41) is 6.69. The number of hydrogen-bond donors (Lipinski definition) is 1. The molecule has 6 nitrogen and oxygen atoms in total. The number of benzene rings is 1. The molecule has 0 radical (unpaired) electrons. The molecule has 7 heteroatoms. The van der Waals surface area contributed by atoms with Crippen LogP contribution in [0, 0.1) is 5.82 Å². The first-order chi connectivity index (χ1) is 12.2. The molecule has 1 N–H and O–H groups in total. The summed E-state index contributed by atoms with van der Waals surface area (Å²) in [5.41, 5.74) is 1.58. The maximum absolute atomic E-state index is 13.0. The lowest BCUT2D eigenvalue weighted by Crippen LogP contribution is -2.25. The second-order valence-electron chi connectivity index (χ2n) is 5.69. The van der Waals surface area contributed by atoms with Crippen LogP contribution in [0.5, 0.6) is 0 Å². The smallest absolute Gasteiger partial charge is 0.220 e. The number of nitrogens with zero attached hydrogens (tertiary/aromatic N) is 3. The second kappa shape index (κ2) is 8.23. The number of aromatic nitrogens is 3. The van der Waals surface area contributed by atoms with Gasteiger partial charge in [-0.05, 0) is 37.1 Å².